The summed E-state index contributed by atoms with van der Waals surface area (Å²) in [6.45, 7) is 4.33. The normalized spacial score (nSPS) is 18.6. The molecule has 0 amide bonds. The number of fused-ring (bicyclic) bond motifs is 3. The van der Waals surface area contributed by atoms with Gasteiger partial charge in [0.2, 0.25) is 5.82 Å². The molecule has 2 aromatic heterocycles. The van der Waals surface area contributed by atoms with Crippen LogP contribution < -0.4 is 4.90 Å². The van der Waals surface area contributed by atoms with E-state index in [-0.39, 0.29) is 42.9 Å². The van der Waals surface area contributed by atoms with Crippen LogP contribution in [0.4, 0.5) is 14.6 Å². The third-order valence-corrected chi connectivity index (χ3v) is 5.76. The van der Waals surface area contributed by atoms with E-state index in [0.29, 0.717) is 11.0 Å². The molecule has 0 radical (unpaired) electrons. The molecule has 1 aliphatic rings. The first-order valence-electron chi connectivity index (χ1n) is 11.9. The molecule has 1 aliphatic heterocycles. The lowest BCUT2D eigenvalue weighted by atomic mass is 10.1. The van der Waals surface area contributed by atoms with E-state index in [2.05, 4.69) is 9.97 Å². The van der Waals surface area contributed by atoms with Gasteiger partial charge in [0.1, 0.15) is 29.3 Å². The number of carboxylic acid groups (broad SMARTS) is 1. The van der Waals surface area contributed by atoms with E-state index in [1.165, 1.54) is 4.90 Å². The second-order valence-corrected chi connectivity index (χ2v) is 9.99. The summed E-state index contributed by atoms with van der Waals surface area (Å²) in [5.74, 6) is -6.11. The SMILES string of the molecule is CC(C)(C)OC(=O)[C@@H]1C[C@H](O)CN1c1nc(C(F)(F)CCCOCC(=O)O)nc2c1oc1ccccc12. The highest BCUT2D eigenvalue weighted by molar-refractivity contribution is 6.06. The van der Waals surface area contributed by atoms with Crippen LogP contribution in [-0.4, -0.2) is 69.6 Å². The molecule has 200 valence electrons. The van der Waals surface area contributed by atoms with Gasteiger partial charge in [-0.15, -0.1) is 0 Å². The highest BCUT2D eigenvalue weighted by Crippen LogP contribution is 2.40. The minimum absolute atomic E-state index is 0.0350. The third-order valence-electron chi connectivity index (χ3n) is 5.76. The number of β-amino-alcohol motifs (C(OH)–C–C–N with tert-alkyl or cyclic N) is 1. The van der Waals surface area contributed by atoms with Crippen LogP contribution in [0.1, 0.15) is 45.9 Å². The lowest BCUT2D eigenvalue weighted by Crippen LogP contribution is -2.41. The van der Waals surface area contributed by atoms with Crippen LogP contribution in [0.25, 0.3) is 22.1 Å². The summed E-state index contributed by atoms with van der Waals surface area (Å²) in [5, 5.41) is 19.5. The molecular formula is C25H29F2N3O7. The van der Waals surface area contributed by atoms with Gasteiger partial charge in [0.15, 0.2) is 11.4 Å². The first kappa shape index (κ1) is 26.7. The largest absolute Gasteiger partial charge is 0.480 e. The van der Waals surface area contributed by atoms with Crippen LogP contribution in [0.15, 0.2) is 28.7 Å². The number of carboxylic acids is 1. The average molecular weight is 522 g/mol. The zero-order chi connectivity index (χ0) is 27.0. The molecule has 4 rings (SSSR count). The average Bonchev–Trinajstić information content (AvgIpc) is 3.37. The Bertz CT molecular complexity index is 1300. The predicted molar refractivity (Wildman–Crippen MR) is 128 cm³/mol. The van der Waals surface area contributed by atoms with Crippen LogP contribution in [0.3, 0.4) is 0 Å². The summed E-state index contributed by atoms with van der Waals surface area (Å²) in [5.41, 5.74) is -0.114. The molecule has 0 aliphatic carbocycles. The lowest BCUT2D eigenvalue weighted by molar-refractivity contribution is -0.156. The molecule has 1 aromatic carbocycles. The first-order chi connectivity index (χ1) is 17.4. The van der Waals surface area contributed by atoms with Crippen molar-refractivity contribution in [2.24, 2.45) is 0 Å². The van der Waals surface area contributed by atoms with Crippen LogP contribution >= 0.6 is 0 Å². The number of hydrogen-bond acceptors (Lipinski definition) is 9. The van der Waals surface area contributed by atoms with Gasteiger partial charge < -0.3 is 29.0 Å². The maximum atomic E-state index is 15.3. The van der Waals surface area contributed by atoms with E-state index < -0.39 is 54.5 Å². The van der Waals surface area contributed by atoms with Gasteiger partial charge in [-0.05, 0) is 39.3 Å². The van der Waals surface area contributed by atoms with Gasteiger partial charge in [-0.1, -0.05) is 12.1 Å². The standard InChI is InChI=1S/C25H29F2N3O7/c1-24(2,3)37-22(34)16-11-14(31)12-30(16)21-20-19(15-7-4-5-8-17(15)36-20)28-23(29-21)25(26,27)9-6-10-35-13-18(32)33/h4-5,7-8,14,16,31H,6,9-13H2,1-3H3,(H,32,33)/t14-,16-/m0/s1. The van der Waals surface area contributed by atoms with Gasteiger partial charge in [-0.25, -0.2) is 19.6 Å². The number of ether oxygens (including phenoxy) is 2. The van der Waals surface area contributed by atoms with Gasteiger partial charge in [-0.3, -0.25) is 0 Å². The van der Waals surface area contributed by atoms with Crippen molar-refractivity contribution in [2.75, 3.05) is 24.7 Å². The number of furan rings is 1. The molecule has 0 unspecified atom stereocenters. The van der Waals surface area contributed by atoms with Crippen molar-refractivity contribution in [3.63, 3.8) is 0 Å². The Kier molecular flexibility index (Phi) is 7.33. The number of carbonyl (C=O) groups is 2. The van der Waals surface area contributed by atoms with Crippen molar-refractivity contribution < 1.29 is 42.5 Å². The van der Waals surface area contributed by atoms with E-state index in [9.17, 15) is 14.7 Å². The minimum atomic E-state index is -3.49. The zero-order valence-corrected chi connectivity index (χ0v) is 20.7. The Morgan fingerprint density at radius 1 is 1.22 bits per heavy atom. The molecule has 10 nitrogen and oxygen atoms in total. The summed E-state index contributed by atoms with van der Waals surface area (Å²) in [6.07, 6.45) is -1.70. The number of hydrogen-bond donors (Lipinski definition) is 2. The van der Waals surface area contributed by atoms with E-state index in [4.69, 9.17) is 19.0 Å². The van der Waals surface area contributed by atoms with E-state index in [1.807, 2.05) is 0 Å². The summed E-state index contributed by atoms with van der Waals surface area (Å²) in [4.78, 5) is 33.3. The van der Waals surface area contributed by atoms with Crippen molar-refractivity contribution >= 4 is 39.8 Å². The van der Waals surface area contributed by atoms with Crippen molar-refractivity contribution in [1.82, 2.24) is 9.97 Å². The van der Waals surface area contributed by atoms with Crippen molar-refractivity contribution in [2.45, 2.75) is 63.7 Å². The quantitative estimate of drug-likeness (QED) is 0.317. The van der Waals surface area contributed by atoms with Crippen molar-refractivity contribution in [3.8, 4) is 0 Å². The number of alkyl halides is 2. The summed E-state index contributed by atoms with van der Waals surface area (Å²) in [6, 6.07) is 5.84. The van der Waals surface area contributed by atoms with E-state index in [0.717, 1.165) is 0 Å². The number of rotatable bonds is 9. The topological polar surface area (TPSA) is 135 Å². The first-order valence-corrected chi connectivity index (χ1v) is 11.9. The Morgan fingerprint density at radius 2 is 1.95 bits per heavy atom. The predicted octanol–water partition coefficient (Wildman–Crippen LogP) is 3.63. The Labute approximate surface area is 211 Å². The summed E-state index contributed by atoms with van der Waals surface area (Å²) in [7, 11) is 0. The van der Waals surface area contributed by atoms with Crippen molar-refractivity contribution in [3.05, 3.63) is 30.1 Å². The molecule has 3 heterocycles. The number of aliphatic hydroxyl groups is 1. The van der Waals surface area contributed by atoms with Crippen molar-refractivity contribution in [1.29, 1.82) is 0 Å². The number of aliphatic hydroxyl groups excluding tert-OH is 1. The van der Waals surface area contributed by atoms with Gasteiger partial charge in [-0.2, -0.15) is 8.78 Å². The second kappa shape index (κ2) is 10.2. The van der Waals surface area contributed by atoms with Crippen LogP contribution in [0.2, 0.25) is 0 Å². The fourth-order valence-electron chi connectivity index (χ4n) is 4.24. The molecule has 0 spiro atoms. The second-order valence-electron chi connectivity index (χ2n) is 9.99. The Hall–Kier alpha value is -3.38. The smallest absolute Gasteiger partial charge is 0.329 e. The number of esters is 1. The Morgan fingerprint density at radius 3 is 2.65 bits per heavy atom. The van der Waals surface area contributed by atoms with Crippen LogP contribution in [0, 0.1) is 0 Å². The maximum Gasteiger partial charge on any atom is 0.329 e. The number of aliphatic carboxylic acids is 1. The van der Waals surface area contributed by atoms with Crippen LogP contribution in [0.5, 0.6) is 0 Å². The number of carbonyl (C=O) groups excluding carboxylic acids is 1. The number of benzene rings is 1. The number of halogens is 2. The van der Waals surface area contributed by atoms with E-state index in [1.54, 1.807) is 45.0 Å². The summed E-state index contributed by atoms with van der Waals surface area (Å²) >= 11 is 0. The highest BCUT2D eigenvalue weighted by atomic mass is 19.3. The minimum Gasteiger partial charge on any atom is -0.480 e. The molecule has 1 fully saturated rings. The number of nitrogens with zero attached hydrogens (tertiary/aromatic N) is 3. The van der Waals surface area contributed by atoms with Gasteiger partial charge in [0, 0.05) is 31.4 Å². The lowest BCUT2D eigenvalue weighted by Gasteiger charge is -2.28. The monoisotopic (exact) mass is 521 g/mol. The van der Waals surface area contributed by atoms with Gasteiger partial charge >= 0.3 is 17.9 Å². The van der Waals surface area contributed by atoms with Crippen LogP contribution in [-0.2, 0) is 25.0 Å². The van der Waals surface area contributed by atoms with Gasteiger partial charge in [0.25, 0.3) is 0 Å². The summed E-state index contributed by atoms with van der Waals surface area (Å²) < 4.78 is 46.9. The molecule has 2 N–H and O–H groups in total. The van der Waals surface area contributed by atoms with E-state index >= 15 is 8.78 Å². The fourth-order valence-corrected chi connectivity index (χ4v) is 4.24. The molecule has 37 heavy (non-hydrogen) atoms. The Balaban J connectivity index is 1.75. The fraction of sp³-hybridized carbons (Fsp3) is 0.520. The molecular weight excluding hydrogens is 492 g/mol. The third kappa shape index (κ3) is 5.96. The number of aromatic nitrogens is 2. The molecule has 0 saturated carbocycles. The highest BCUT2D eigenvalue weighted by Gasteiger charge is 2.43. The maximum absolute atomic E-state index is 15.3. The molecule has 3 aromatic rings. The van der Waals surface area contributed by atoms with Gasteiger partial charge in [0.05, 0.1) is 6.10 Å². The molecule has 1 saturated heterocycles. The molecule has 0 bridgehead atoms. The zero-order valence-electron chi connectivity index (χ0n) is 20.7. The molecule has 2 atom stereocenters. The molecule has 12 heteroatoms. The number of para-hydroxylation sites is 1. The number of anilines is 1.